The second-order valence-corrected chi connectivity index (χ2v) is 10.2. The van der Waals surface area contributed by atoms with E-state index < -0.39 is 17.7 Å². The Bertz CT molecular complexity index is 1510. The van der Waals surface area contributed by atoms with Crippen LogP contribution in [-0.4, -0.2) is 60.7 Å². The largest absolute Gasteiger partial charge is 0.417 e. The Kier molecular flexibility index (Phi) is 6.29. The summed E-state index contributed by atoms with van der Waals surface area (Å²) in [6.07, 6.45) is 3.38. The number of nitrogens with one attached hydrogen (secondary N) is 3. The molecule has 3 N–H and O–H groups in total. The minimum absolute atomic E-state index is 0.0818. The summed E-state index contributed by atoms with van der Waals surface area (Å²) in [5.41, 5.74) is 5.39. The van der Waals surface area contributed by atoms with Crippen LogP contribution in [0.15, 0.2) is 41.1 Å². The van der Waals surface area contributed by atoms with Gasteiger partial charge in [0.1, 0.15) is 0 Å². The van der Waals surface area contributed by atoms with Crippen molar-refractivity contribution in [2.24, 2.45) is 0 Å². The van der Waals surface area contributed by atoms with Crippen LogP contribution in [0.1, 0.15) is 64.6 Å². The Hall–Kier alpha value is -4.26. The van der Waals surface area contributed by atoms with Gasteiger partial charge in [-0.1, -0.05) is 12.1 Å². The number of aromatic nitrogens is 6. The Balaban J connectivity index is 1.21. The highest BCUT2D eigenvalue weighted by molar-refractivity contribution is 5.89. The monoisotopic (exact) mass is 535 g/mol. The molecule has 0 spiro atoms. The molecule has 0 unspecified atom stereocenters. The number of fused-ring (bicyclic) bond motifs is 1. The lowest BCUT2D eigenvalue weighted by molar-refractivity contribution is -0.0918. The van der Waals surface area contributed by atoms with Crippen molar-refractivity contribution in [2.75, 3.05) is 18.9 Å². The number of alkyl halides is 2. The average molecular weight is 536 g/mol. The zero-order valence-corrected chi connectivity index (χ0v) is 21.4. The van der Waals surface area contributed by atoms with E-state index in [-0.39, 0.29) is 30.7 Å². The van der Waals surface area contributed by atoms with Crippen LogP contribution in [0.3, 0.4) is 0 Å². The van der Waals surface area contributed by atoms with Gasteiger partial charge >= 0.3 is 11.8 Å². The van der Waals surface area contributed by atoms with Crippen LogP contribution in [0.4, 0.5) is 20.4 Å². The number of aryl methyl sites for hydroxylation is 1. The third kappa shape index (κ3) is 5.21. The molecule has 1 aliphatic heterocycles. The fourth-order valence-corrected chi connectivity index (χ4v) is 4.99. The van der Waals surface area contributed by atoms with Crippen LogP contribution in [0.2, 0.25) is 0 Å². The summed E-state index contributed by atoms with van der Waals surface area (Å²) in [7, 11) is 2.03. The maximum atomic E-state index is 13.2. The first-order valence-corrected chi connectivity index (χ1v) is 12.7. The molecule has 6 rings (SSSR count). The van der Waals surface area contributed by atoms with Crippen molar-refractivity contribution >= 4 is 17.5 Å². The Labute approximate surface area is 222 Å². The predicted molar refractivity (Wildman–Crippen MR) is 136 cm³/mol. The van der Waals surface area contributed by atoms with E-state index in [2.05, 4.69) is 52.0 Å². The van der Waals surface area contributed by atoms with Gasteiger partial charge in [0.25, 0.3) is 0 Å². The maximum Gasteiger partial charge on any atom is 0.309 e. The van der Waals surface area contributed by atoms with Gasteiger partial charge in [-0.15, -0.1) is 10.2 Å². The molecule has 202 valence electrons. The van der Waals surface area contributed by atoms with Crippen molar-refractivity contribution in [3.8, 4) is 11.3 Å². The van der Waals surface area contributed by atoms with E-state index in [0.717, 1.165) is 40.3 Å². The summed E-state index contributed by atoms with van der Waals surface area (Å²) in [4.78, 5) is 24.1. The van der Waals surface area contributed by atoms with E-state index in [1.54, 1.807) is 12.4 Å². The molecule has 1 saturated carbocycles. The zero-order valence-electron chi connectivity index (χ0n) is 21.4. The maximum absolute atomic E-state index is 13.2. The Morgan fingerprint density at radius 3 is 2.85 bits per heavy atom. The summed E-state index contributed by atoms with van der Waals surface area (Å²) in [5.74, 6) is -3.42. The molecule has 3 aromatic heterocycles. The van der Waals surface area contributed by atoms with Gasteiger partial charge in [0.15, 0.2) is 0 Å². The number of H-pyrrole nitrogens is 1. The zero-order chi connectivity index (χ0) is 27.1. The highest BCUT2D eigenvalue weighted by atomic mass is 19.3. The van der Waals surface area contributed by atoms with E-state index in [0.29, 0.717) is 18.9 Å². The molecule has 39 heavy (non-hydrogen) atoms. The molecule has 4 aromatic rings. The number of carbonyl (C=O) groups excluding carboxylic acids is 1. The third-order valence-corrected chi connectivity index (χ3v) is 7.17. The standard InChI is InChI=1S/C26H27F2N9O2/c1-14-21(12-30-34-14)33-25-29-7-5-19(32-25)15-3-4-18-16(9-15)13-37(2)8-6-20(18)31-22(38)24-36-35-23(39-24)17-10-26(27,28)11-17/h3-5,7,9,12,17,20H,6,8,10-11,13H2,1-2H3,(H,30,34)(H,31,38)(H,29,32,33)/t20-/m1/s1. The number of nitrogens with zero attached hydrogens (tertiary/aromatic N) is 6. The highest BCUT2D eigenvalue weighted by Crippen LogP contribution is 2.47. The van der Waals surface area contributed by atoms with Crippen LogP contribution in [0, 0.1) is 6.92 Å². The van der Waals surface area contributed by atoms with Crippen LogP contribution in [0.5, 0.6) is 0 Å². The van der Waals surface area contributed by atoms with Gasteiger partial charge < -0.3 is 20.0 Å². The van der Waals surface area contributed by atoms with Gasteiger partial charge in [-0.3, -0.25) is 9.89 Å². The molecule has 0 saturated heterocycles. The number of hydrogen-bond donors (Lipinski definition) is 3. The molecule has 0 bridgehead atoms. The summed E-state index contributed by atoms with van der Waals surface area (Å²) < 4.78 is 31.9. The van der Waals surface area contributed by atoms with Crippen molar-refractivity contribution in [3.63, 3.8) is 0 Å². The third-order valence-electron chi connectivity index (χ3n) is 7.17. The topological polar surface area (TPSA) is 138 Å². The quantitative estimate of drug-likeness (QED) is 0.333. The fourth-order valence-electron chi connectivity index (χ4n) is 4.99. The van der Waals surface area contributed by atoms with Crippen molar-refractivity contribution in [2.45, 2.75) is 50.6 Å². The normalized spacial score (nSPS) is 19.1. The first kappa shape index (κ1) is 25.0. The molecule has 1 amide bonds. The SMILES string of the molecule is Cc1[nH]ncc1Nc1nccc(-c2ccc3c(c2)CN(C)CC[C@H]3NC(=O)c2nnc(C3CC(F)(F)C3)o2)n1. The van der Waals surface area contributed by atoms with Crippen molar-refractivity contribution < 1.29 is 18.0 Å². The van der Waals surface area contributed by atoms with Crippen molar-refractivity contribution in [1.29, 1.82) is 0 Å². The molecule has 1 aliphatic carbocycles. The van der Waals surface area contributed by atoms with E-state index in [4.69, 9.17) is 4.42 Å². The van der Waals surface area contributed by atoms with E-state index in [9.17, 15) is 13.6 Å². The molecule has 1 fully saturated rings. The molecule has 13 heteroatoms. The number of carbonyl (C=O) groups is 1. The average Bonchev–Trinajstić information content (AvgIpc) is 3.51. The van der Waals surface area contributed by atoms with Gasteiger partial charge in [0.2, 0.25) is 17.8 Å². The minimum atomic E-state index is -2.71. The number of rotatable bonds is 6. The number of amides is 1. The van der Waals surface area contributed by atoms with E-state index in [1.807, 2.05) is 32.2 Å². The second kappa shape index (κ2) is 9.80. The molecule has 2 aliphatic rings. The molecule has 0 radical (unpaired) electrons. The van der Waals surface area contributed by atoms with E-state index >= 15 is 0 Å². The lowest BCUT2D eigenvalue weighted by atomic mass is 9.81. The summed E-state index contributed by atoms with van der Waals surface area (Å²) in [6, 6.07) is 7.61. The van der Waals surface area contributed by atoms with Crippen LogP contribution in [0.25, 0.3) is 11.3 Å². The van der Waals surface area contributed by atoms with Crippen molar-refractivity contribution in [1.82, 2.24) is 40.6 Å². The van der Waals surface area contributed by atoms with Crippen molar-refractivity contribution in [3.05, 3.63) is 65.3 Å². The molecular weight excluding hydrogens is 508 g/mol. The fraction of sp³-hybridized carbons (Fsp3) is 0.385. The number of halogens is 2. The number of anilines is 2. The van der Waals surface area contributed by atoms with Gasteiger partial charge in [0.05, 0.1) is 29.3 Å². The first-order valence-electron chi connectivity index (χ1n) is 12.7. The second-order valence-electron chi connectivity index (χ2n) is 10.2. The smallest absolute Gasteiger partial charge is 0.309 e. The number of hydrogen-bond acceptors (Lipinski definition) is 9. The summed E-state index contributed by atoms with van der Waals surface area (Å²) >= 11 is 0. The van der Waals surface area contributed by atoms with Gasteiger partial charge in [-0.25, -0.2) is 18.7 Å². The lowest BCUT2D eigenvalue weighted by Crippen LogP contribution is -2.33. The summed E-state index contributed by atoms with van der Waals surface area (Å²) in [5, 5.41) is 20.7. The molecule has 4 heterocycles. The van der Waals surface area contributed by atoms with Gasteiger partial charge in [-0.05, 0) is 43.7 Å². The molecule has 1 atom stereocenters. The number of aromatic amines is 1. The van der Waals surface area contributed by atoms with E-state index in [1.165, 1.54) is 0 Å². The minimum Gasteiger partial charge on any atom is -0.417 e. The Morgan fingerprint density at radius 1 is 1.23 bits per heavy atom. The highest BCUT2D eigenvalue weighted by Gasteiger charge is 2.48. The molecule has 11 nitrogen and oxygen atoms in total. The van der Waals surface area contributed by atoms with Crippen LogP contribution < -0.4 is 10.6 Å². The van der Waals surface area contributed by atoms with Crippen LogP contribution in [-0.2, 0) is 6.54 Å². The molecular formula is C26H27F2N9O2. The predicted octanol–water partition coefficient (Wildman–Crippen LogP) is 4.12. The summed E-state index contributed by atoms with van der Waals surface area (Å²) in [6.45, 7) is 3.36. The number of benzene rings is 1. The van der Waals surface area contributed by atoms with Crippen LogP contribution >= 0.6 is 0 Å². The Morgan fingerprint density at radius 2 is 2.08 bits per heavy atom. The lowest BCUT2D eigenvalue weighted by Gasteiger charge is -2.32. The van der Waals surface area contributed by atoms with Gasteiger partial charge in [-0.2, -0.15) is 5.10 Å². The first-order chi connectivity index (χ1) is 18.7. The van der Waals surface area contributed by atoms with Gasteiger partial charge in [0, 0.05) is 43.6 Å². The molecule has 1 aromatic carbocycles.